The molecular weight excluding hydrogens is 318 g/mol. The van der Waals surface area contributed by atoms with Gasteiger partial charge in [-0.15, -0.1) is 0 Å². The maximum absolute atomic E-state index is 11.3. The van der Waals surface area contributed by atoms with Crippen molar-refractivity contribution in [1.82, 2.24) is 0 Å². The standard InChI is InChI=1S/C20H25NO4/c1-6-21-18-16(12-25-14(3)22)13(2)19(23-4)20(24-5)17(18)15-10-8-7-9-11-15/h7-11,21H,6,12H2,1-5H3. The average molecular weight is 343 g/mol. The van der Waals surface area contributed by atoms with Crippen LogP contribution in [0.4, 0.5) is 5.69 Å². The number of hydrogen-bond donors (Lipinski definition) is 1. The van der Waals surface area contributed by atoms with Crippen molar-refractivity contribution >= 4 is 11.7 Å². The quantitative estimate of drug-likeness (QED) is 0.765. The van der Waals surface area contributed by atoms with Crippen LogP contribution in [-0.4, -0.2) is 26.7 Å². The second kappa shape index (κ2) is 8.42. The first-order valence-electron chi connectivity index (χ1n) is 8.25. The highest BCUT2D eigenvalue weighted by molar-refractivity contribution is 5.89. The molecule has 25 heavy (non-hydrogen) atoms. The third-order valence-electron chi connectivity index (χ3n) is 4.02. The van der Waals surface area contributed by atoms with Crippen LogP contribution in [0.15, 0.2) is 30.3 Å². The minimum atomic E-state index is -0.321. The van der Waals surface area contributed by atoms with Crippen LogP contribution < -0.4 is 14.8 Å². The SMILES string of the molecule is CCNc1c(COC(C)=O)c(C)c(OC)c(OC)c1-c1ccccc1. The molecule has 2 aromatic carbocycles. The van der Waals surface area contributed by atoms with Gasteiger partial charge in [0.25, 0.3) is 0 Å². The highest BCUT2D eigenvalue weighted by atomic mass is 16.5. The van der Waals surface area contributed by atoms with E-state index < -0.39 is 0 Å². The summed E-state index contributed by atoms with van der Waals surface area (Å²) in [6.07, 6.45) is 0. The Kier molecular flexibility index (Phi) is 6.28. The Balaban J connectivity index is 2.81. The first-order chi connectivity index (χ1) is 12.0. The summed E-state index contributed by atoms with van der Waals surface area (Å²) in [7, 11) is 3.24. The summed E-state index contributed by atoms with van der Waals surface area (Å²) in [6.45, 7) is 6.26. The monoisotopic (exact) mass is 343 g/mol. The van der Waals surface area contributed by atoms with Gasteiger partial charge in [0.15, 0.2) is 11.5 Å². The Labute approximate surface area is 148 Å². The highest BCUT2D eigenvalue weighted by Gasteiger charge is 2.24. The van der Waals surface area contributed by atoms with Crippen molar-refractivity contribution in [3.63, 3.8) is 0 Å². The molecule has 5 heteroatoms. The van der Waals surface area contributed by atoms with Gasteiger partial charge in [-0.25, -0.2) is 0 Å². The van der Waals surface area contributed by atoms with E-state index in [1.54, 1.807) is 14.2 Å². The highest BCUT2D eigenvalue weighted by Crippen LogP contribution is 2.48. The smallest absolute Gasteiger partial charge is 0.302 e. The number of carbonyl (C=O) groups is 1. The fourth-order valence-corrected chi connectivity index (χ4v) is 2.92. The number of rotatable bonds is 7. The summed E-state index contributed by atoms with van der Waals surface area (Å²) in [4.78, 5) is 11.3. The number of methoxy groups -OCH3 is 2. The molecule has 1 N–H and O–H groups in total. The third kappa shape index (κ3) is 3.87. The molecule has 0 spiro atoms. The van der Waals surface area contributed by atoms with E-state index in [4.69, 9.17) is 14.2 Å². The van der Waals surface area contributed by atoms with Crippen LogP contribution in [0, 0.1) is 6.92 Å². The molecule has 134 valence electrons. The molecule has 5 nitrogen and oxygen atoms in total. The van der Waals surface area contributed by atoms with Gasteiger partial charge in [-0.05, 0) is 19.4 Å². The second-order valence-electron chi connectivity index (χ2n) is 5.60. The van der Waals surface area contributed by atoms with Crippen LogP contribution in [0.1, 0.15) is 25.0 Å². The number of hydrogen-bond acceptors (Lipinski definition) is 5. The van der Waals surface area contributed by atoms with Gasteiger partial charge >= 0.3 is 5.97 Å². The van der Waals surface area contributed by atoms with Gasteiger partial charge in [0.1, 0.15) is 6.61 Å². The van der Waals surface area contributed by atoms with Gasteiger partial charge < -0.3 is 19.5 Å². The summed E-state index contributed by atoms with van der Waals surface area (Å²) in [5.74, 6) is 0.983. The fourth-order valence-electron chi connectivity index (χ4n) is 2.92. The number of esters is 1. The molecule has 2 aromatic rings. The Morgan fingerprint density at radius 2 is 1.72 bits per heavy atom. The molecule has 0 unspecified atom stereocenters. The number of ether oxygens (including phenoxy) is 3. The van der Waals surface area contributed by atoms with E-state index in [9.17, 15) is 4.79 Å². The summed E-state index contributed by atoms with van der Waals surface area (Å²) in [5, 5.41) is 3.41. The van der Waals surface area contributed by atoms with Gasteiger partial charge in [-0.3, -0.25) is 4.79 Å². The van der Waals surface area contributed by atoms with Crippen molar-refractivity contribution in [2.45, 2.75) is 27.4 Å². The number of anilines is 1. The van der Waals surface area contributed by atoms with Gasteiger partial charge in [-0.1, -0.05) is 30.3 Å². The molecule has 0 aliphatic rings. The van der Waals surface area contributed by atoms with Crippen molar-refractivity contribution in [3.8, 4) is 22.6 Å². The normalized spacial score (nSPS) is 10.3. The molecule has 0 fully saturated rings. The minimum absolute atomic E-state index is 0.170. The second-order valence-corrected chi connectivity index (χ2v) is 5.60. The van der Waals surface area contributed by atoms with Crippen LogP contribution in [0.5, 0.6) is 11.5 Å². The Bertz CT molecular complexity index is 741. The molecule has 0 atom stereocenters. The average Bonchev–Trinajstić information content (AvgIpc) is 2.61. The van der Waals surface area contributed by atoms with Crippen LogP contribution in [0.2, 0.25) is 0 Å². The lowest BCUT2D eigenvalue weighted by Gasteiger charge is -2.24. The van der Waals surface area contributed by atoms with E-state index in [1.807, 2.05) is 44.2 Å². The predicted octanol–water partition coefficient (Wildman–Crippen LogP) is 4.17. The first kappa shape index (κ1) is 18.6. The van der Waals surface area contributed by atoms with Crippen molar-refractivity contribution in [3.05, 3.63) is 41.5 Å². The third-order valence-corrected chi connectivity index (χ3v) is 4.02. The van der Waals surface area contributed by atoms with Crippen LogP contribution in [-0.2, 0) is 16.1 Å². The van der Waals surface area contributed by atoms with Crippen molar-refractivity contribution in [2.75, 3.05) is 26.1 Å². The molecule has 0 amide bonds. The van der Waals surface area contributed by atoms with Gasteiger partial charge in [0, 0.05) is 24.6 Å². The van der Waals surface area contributed by atoms with Gasteiger partial charge in [-0.2, -0.15) is 0 Å². The Hall–Kier alpha value is -2.69. The molecular formula is C20H25NO4. The van der Waals surface area contributed by atoms with E-state index in [1.165, 1.54) is 6.92 Å². The molecule has 0 aromatic heterocycles. The van der Waals surface area contributed by atoms with E-state index in [-0.39, 0.29) is 12.6 Å². The van der Waals surface area contributed by atoms with Crippen molar-refractivity contribution in [2.24, 2.45) is 0 Å². The lowest BCUT2D eigenvalue weighted by molar-refractivity contribution is -0.142. The van der Waals surface area contributed by atoms with Crippen LogP contribution >= 0.6 is 0 Å². The van der Waals surface area contributed by atoms with Crippen molar-refractivity contribution in [1.29, 1.82) is 0 Å². The summed E-state index contributed by atoms with van der Waals surface area (Å²) in [5.41, 5.74) is 4.56. The topological polar surface area (TPSA) is 56.8 Å². The molecule has 0 radical (unpaired) electrons. The molecule has 0 saturated heterocycles. The van der Waals surface area contributed by atoms with Crippen LogP contribution in [0.3, 0.4) is 0 Å². The zero-order chi connectivity index (χ0) is 18.4. The zero-order valence-corrected chi connectivity index (χ0v) is 15.4. The molecule has 0 bridgehead atoms. The largest absolute Gasteiger partial charge is 0.493 e. The Morgan fingerprint density at radius 1 is 1.08 bits per heavy atom. The number of benzene rings is 2. The van der Waals surface area contributed by atoms with Gasteiger partial charge in [0.2, 0.25) is 0 Å². The summed E-state index contributed by atoms with van der Waals surface area (Å²) < 4.78 is 16.6. The van der Waals surface area contributed by atoms with E-state index >= 15 is 0 Å². The minimum Gasteiger partial charge on any atom is -0.493 e. The lowest BCUT2D eigenvalue weighted by atomic mass is 9.94. The number of carbonyl (C=O) groups excluding carboxylic acids is 1. The zero-order valence-electron chi connectivity index (χ0n) is 15.4. The summed E-state index contributed by atoms with van der Waals surface area (Å²) >= 11 is 0. The molecule has 0 aliphatic carbocycles. The number of nitrogens with one attached hydrogen (secondary N) is 1. The molecule has 2 rings (SSSR count). The van der Waals surface area contributed by atoms with E-state index in [0.717, 1.165) is 34.5 Å². The maximum Gasteiger partial charge on any atom is 0.302 e. The first-order valence-corrected chi connectivity index (χ1v) is 8.25. The molecule has 0 heterocycles. The van der Waals surface area contributed by atoms with E-state index in [2.05, 4.69) is 5.32 Å². The molecule has 0 aliphatic heterocycles. The predicted molar refractivity (Wildman–Crippen MR) is 99.4 cm³/mol. The van der Waals surface area contributed by atoms with Crippen molar-refractivity contribution < 1.29 is 19.0 Å². The molecule has 0 saturated carbocycles. The fraction of sp³-hybridized carbons (Fsp3) is 0.350. The lowest BCUT2D eigenvalue weighted by Crippen LogP contribution is -2.10. The Morgan fingerprint density at radius 3 is 2.24 bits per heavy atom. The van der Waals surface area contributed by atoms with E-state index in [0.29, 0.717) is 11.5 Å². The summed E-state index contributed by atoms with van der Waals surface area (Å²) in [6, 6.07) is 9.95. The van der Waals surface area contributed by atoms with Crippen LogP contribution in [0.25, 0.3) is 11.1 Å². The van der Waals surface area contributed by atoms with Gasteiger partial charge in [0.05, 0.1) is 25.5 Å². The maximum atomic E-state index is 11.3.